The van der Waals surface area contributed by atoms with Gasteiger partial charge in [-0.1, -0.05) is 43.3 Å². The van der Waals surface area contributed by atoms with Crippen LogP contribution in [0, 0.1) is 0 Å². The number of benzene rings is 2. The smallest absolute Gasteiger partial charge is 0.373 e. The van der Waals surface area contributed by atoms with Crippen LogP contribution in [0.3, 0.4) is 0 Å². The van der Waals surface area contributed by atoms with E-state index >= 15 is 0 Å². The van der Waals surface area contributed by atoms with Crippen molar-refractivity contribution in [2.45, 2.75) is 13.3 Å². The molecule has 0 aliphatic rings. The Hall–Kier alpha value is -3.54. The van der Waals surface area contributed by atoms with Crippen LogP contribution in [0.15, 0.2) is 84.8 Å². The average molecular weight is 384 g/mol. The second-order valence-electron chi connectivity index (χ2n) is 5.21. The largest absolute Gasteiger partial charge is 0.463 e. The van der Waals surface area contributed by atoms with Gasteiger partial charge < -0.3 is 18.9 Å². The minimum atomic E-state index is -0.566. The van der Waals surface area contributed by atoms with Gasteiger partial charge >= 0.3 is 11.9 Å². The summed E-state index contributed by atoms with van der Waals surface area (Å²) in [7, 11) is 2.61. The number of carbonyl (C=O) groups is 2. The van der Waals surface area contributed by atoms with Gasteiger partial charge in [-0.25, -0.2) is 9.59 Å². The molecule has 0 atom stereocenters. The number of esters is 2. The van der Waals surface area contributed by atoms with Crippen LogP contribution in [0.25, 0.3) is 0 Å². The van der Waals surface area contributed by atoms with E-state index in [1.165, 1.54) is 14.2 Å². The minimum absolute atomic E-state index is 0.0197. The third-order valence-corrected chi connectivity index (χ3v) is 3.14. The molecule has 0 aliphatic heterocycles. The second-order valence-corrected chi connectivity index (χ2v) is 5.21. The Kier molecular flexibility index (Phi) is 10.3. The van der Waals surface area contributed by atoms with E-state index < -0.39 is 11.9 Å². The Morgan fingerprint density at radius 1 is 0.821 bits per heavy atom. The molecule has 6 nitrogen and oxygen atoms in total. The van der Waals surface area contributed by atoms with Gasteiger partial charge in [0.2, 0.25) is 11.5 Å². The van der Waals surface area contributed by atoms with Crippen LogP contribution >= 0.6 is 0 Å². The van der Waals surface area contributed by atoms with Gasteiger partial charge in [-0.15, -0.1) is 0 Å². The summed E-state index contributed by atoms with van der Waals surface area (Å²) in [5.74, 6) is 0.380. The van der Waals surface area contributed by atoms with Crippen LogP contribution in [-0.2, 0) is 19.1 Å². The summed E-state index contributed by atoms with van der Waals surface area (Å²) in [4.78, 5) is 22.2. The molecule has 0 fully saturated rings. The number of rotatable bonds is 7. The summed E-state index contributed by atoms with van der Waals surface area (Å²) >= 11 is 0. The minimum Gasteiger partial charge on any atom is -0.463 e. The van der Waals surface area contributed by atoms with E-state index in [-0.39, 0.29) is 11.5 Å². The molecule has 2 rings (SSSR count). The number of methoxy groups -OCH3 is 2. The van der Waals surface area contributed by atoms with Crippen molar-refractivity contribution in [2.24, 2.45) is 0 Å². The molecule has 0 unspecified atom stereocenters. The lowest BCUT2D eigenvalue weighted by molar-refractivity contribution is -0.139. The van der Waals surface area contributed by atoms with E-state index in [4.69, 9.17) is 9.47 Å². The maximum absolute atomic E-state index is 11.3. The normalized spacial score (nSPS) is 10.0. The summed E-state index contributed by atoms with van der Waals surface area (Å²) in [6, 6.07) is 18.1. The number of allylic oxidation sites excluding steroid dienone is 1. The monoisotopic (exact) mass is 384 g/mol. The molecular weight excluding hydrogens is 360 g/mol. The first-order valence-corrected chi connectivity index (χ1v) is 8.53. The van der Waals surface area contributed by atoms with E-state index in [0.29, 0.717) is 11.5 Å². The Morgan fingerprint density at radius 3 is 1.71 bits per heavy atom. The highest BCUT2D eigenvalue weighted by Crippen LogP contribution is 2.14. The van der Waals surface area contributed by atoms with E-state index in [1.54, 1.807) is 42.5 Å². The summed E-state index contributed by atoms with van der Waals surface area (Å²) < 4.78 is 19.5. The van der Waals surface area contributed by atoms with Gasteiger partial charge in [0, 0.05) is 0 Å². The molecule has 0 aromatic heterocycles. The first-order valence-electron chi connectivity index (χ1n) is 8.53. The molecule has 0 bridgehead atoms. The maximum atomic E-state index is 11.3. The fourth-order valence-electron chi connectivity index (χ4n) is 1.85. The molecule has 0 heterocycles. The molecule has 0 radical (unpaired) electrons. The molecule has 0 aliphatic carbocycles. The van der Waals surface area contributed by atoms with Crippen molar-refractivity contribution < 1.29 is 28.5 Å². The van der Waals surface area contributed by atoms with Crippen LogP contribution in [0.5, 0.6) is 11.5 Å². The average Bonchev–Trinajstić information content (AvgIpc) is 2.74. The molecule has 6 heteroatoms. The van der Waals surface area contributed by atoms with Crippen LogP contribution in [0.1, 0.15) is 13.3 Å². The zero-order valence-corrected chi connectivity index (χ0v) is 16.2. The molecule has 2 aromatic carbocycles. The molecule has 148 valence electrons. The van der Waals surface area contributed by atoms with Crippen molar-refractivity contribution in [3.63, 3.8) is 0 Å². The summed E-state index contributed by atoms with van der Waals surface area (Å²) in [5, 5.41) is 0. The fourth-order valence-corrected chi connectivity index (χ4v) is 1.85. The standard InChI is InChI=1S/C12H14O3.C10H10O3/c1-3-7-11(12(13)14-2)15-10-8-5-4-6-9-10;1-8(10(11)12-2)13-9-6-4-3-5-7-9/h4-9H,3H2,1-2H3;3-7H,1H2,2H3. The predicted octanol–water partition coefficient (Wildman–Crippen LogP) is 4.28. The van der Waals surface area contributed by atoms with Crippen molar-refractivity contribution in [1.82, 2.24) is 0 Å². The summed E-state index contributed by atoms with van der Waals surface area (Å²) in [6.07, 6.45) is 2.41. The highest BCUT2D eigenvalue weighted by molar-refractivity contribution is 5.86. The number of hydrogen-bond acceptors (Lipinski definition) is 6. The highest BCUT2D eigenvalue weighted by atomic mass is 16.6. The molecule has 0 saturated heterocycles. The van der Waals surface area contributed by atoms with E-state index in [2.05, 4.69) is 16.1 Å². The molecule has 0 N–H and O–H groups in total. The van der Waals surface area contributed by atoms with Crippen molar-refractivity contribution in [3.05, 3.63) is 84.8 Å². The third kappa shape index (κ3) is 8.23. The van der Waals surface area contributed by atoms with Gasteiger partial charge in [0.05, 0.1) is 14.2 Å². The van der Waals surface area contributed by atoms with Crippen molar-refractivity contribution in [3.8, 4) is 11.5 Å². The first kappa shape index (κ1) is 22.5. The molecular formula is C22H24O6. The van der Waals surface area contributed by atoms with Gasteiger partial charge in [0.1, 0.15) is 11.5 Å². The SMILES string of the molecule is C=C(Oc1ccccc1)C(=O)OC.CCC=C(Oc1ccccc1)C(=O)OC. The van der Waals surface area contributed by atoms with Crippen molar-refractivity contribution >= 4 is 11.9 Å². The molecule has 0 saturated carbocycles. The Balaban J connectivity index is 0.000000283. The topological polar surface area (TPSA) is 71.1 Å². The van der Waals surface area contributed by atoms with Gasteiger partial charge in [0.15, 0.2) is 0 Å². The zero-order valence-electron chi connectivity index (χ0n) is 16.2. The van der Waals surface area contributed by atoms with E-state index in [9.17, 15) is 9.59 Å². The van der Waals surface area contributed by atoms with E-state index in [1.807, 2.05) is 31.2 Å². The van der Waals surface area contributed by atoms with Crippen molar-refractivity contribution in [1.29, 1.82) is 0 Å². The molecule has 0 amide bonds. The van der Waals surface area contributed by atoms with E-state index in [0.717, 1.165) is 6.42 Å². The van der Waals surface area contributed by atoms with Gasteiger partial charge in [-0.05, 0) is 43.3 Å². The van der Waals surface area contributed by atoms with Gasteiger partial charge in [-0.2, -0.15) is 0 Å². The Bertz CT molecular complexity index is 781. The summed E-state index contributed by atoms with van der Waals surface area (Å²) in [5.41, 5.74) is 0. The summed E-state index contributed by atoms with van der Waals surface area (Å²) in [6.45, 7) is 5.35. The first-order chi connectivity index (χ1) is 13.5. The van der Waals surface area contributed by atoms with Gasteiger partial charge in [0.25, 0.3) is 0 Å². The number of para-hydroxylation sites is 2. The predicted molar refractivity (Wildman–Crippen MR) is 106 cm³/mol. The lowest BCUT2D eigenvalue weighted by Crippen LogP contribution is -2.10. The maximum Gasteiger partial charge on any atom is 0.373 e. The lowest BCUT2D eigenvalue weighted by Gasteiger charge is -2.07. The molecule has 2 aromatic rings. The molecule has 28 heavy (non-hydrogen) atoms. The Labute approximate surface area is 165 Å². The third-order valence-electron chi connectivity index (χ3n) is 3.14. The van der Waals surface area contributed by atoms with Crippen LogP contribution in [-0.4, -0.2) is 26.2 Å². The Morgan fingerprint density at radius 2 is 1.29 bits per heavy atom. The lowest BCUT2D eigenvalue weighted by atomic mass is 10.3. The quantitative estimate of drug-likeness (QED) is 0.403. The second kappa shape index (κ2) is 12.8. The number of carbonyl (C=O) groups excluding carboxylic acids is 2. The van der Waals surface area contributed by atoms with Crippen LogP contribution < -0.4 is 9.47 Å². The van der Waals surface area contributed by atoms with Crippen molar-refractivity contribution in [2.75, 3.05) is 14.2 Å². The van der Waals surface area contributed by atoms with Crippen LogP contribution in [0.2, 0.25) is 0 Å². The number of hydrogen-bond donors (Lipinski definition) is 0. The zero-order chi connectivity index (χ0) is 20.8. The highest BCUT2D eigenvalue weighted by Gasteiger charge is 2.11. The molecule has 0 spiro atoms. The van der Waals surface area contributed by atoms with Crippen LogP contribution in [0.4, 0.5) is 0 Å². The fraction of sp³-hybridized carbons (Fsp3) is 0.182. The van der Waals surface area contributed by atoms with Gasteiger partial charge in [-0.3, -0.25) is 0 Å². The number of ether oxygens (including phenoxy) is 4.